The lowest BCUT2D eigenvalue weighted by molar-refractivity contribution is 0.280. The van der Waals surface area contributed by atoms with Crippen LogP contribution in [0.25, 0.3) is 11.6 Å². The van der Waals surface area contributed by atoms with E-state index in [2.05, 4.69) is 194 Å². The molecule has 6 rings (SSSR count). The Morgan fingerprint density at radius 2 is 0.863 bits per heavy atom. The van der Waals surface area contributed by atoms with E-state index < -0.39 is 0 Å². The zero-order valence-electron chi connectivity index (χ0n) is 30.0. The van der Waals surface area contributed by atoms with Crippen LogP contribution in [-0.2, 0) is 25.7 Å². The lowest BCUT2D eigenvalue weighted by Gasteiger charge is -2.39. The molecule has 0 N–H and O–H groups in total. The molecule has 0 saturated carbocycles. The van der Waals surface area contributed by atoms with Crippen LogP contribution in [-0.4, -0.2) is 0 Å². The van der Waals surface area contributed by atoms with Crippen molar-refractivity contribution in [2.24, 2.45) is 5.41 Å². The van der Waals surface area contributed by atoms with E-state index in [-0.39, 0.29) is 5.41 Å². The van der Waals surface area contributed by atoms with Crippen molar-refractivity contribution in [2.45, 2.75) is 64.2 Å². The highest BCUT2D eigenvalue weighted by Gasteiger charge is 2.35. The summed E-state index contributed by atoms with van der Waals surface area (Å²) in [4.78, 5) is 0. The average Bonchev–Trinajstić information content (AvgIpc) is 3.20. The van der Waals surface area contributed by atoms with Crippen molar-refractivity contribution in [3.8, 4) is 0 Å². The Kier molecular flexibility index (Phi) is 13.5. The summed E-state index contributed by atoms with van der Waals surface area (Å²) in [6.07, 6.45) is 15.8. The van der Waals surface area contributed by atoms with Crippen LogP contribution in [0.4, 0.5) is 0 Å². The van der Waals surface area contributed by atoms with Crippen molar-refractivity contribution in [2.75, 3.05) is 0 Å². The average molecular weight is 665 g/mol. The van der Waals surface area contributed by atoms with Gasteiger partial charge in [0.15, 0.2) is 0 Å². The highest BCUT2D eigenvalue weighted by molar-refractivity contribution is 5.82. The molecule has 0 spiro atoms. The molecular formula is C51H52. The lowest BCUT2D eigenvalue weighted by Crippen LogP contribution is -2.29. The molecule has 0 amide bonds. The van der Waals surface area contributed by atoms with Gasteiger partial charge in [-0.05, 0) is 109 Å². The summed E-state index contributed by atoms with van der Waals surface area (Å²) >= 11 is 0. The van der Waals surface area contributed by atoms with Gasteiger partial charge in [0.1, 0.15) is 0 Å². The van der Waals surface area contributed by atoms with Crippen LogP contribution >= 0.6 is 0 Å². The first-order chi connectivity index (χ1) is 25.3. The molecule has 0 bridgehead atoms. The van der Waals surface area contributed by atoms with Crippen LogP contribution in [0.2, 0.25) is 0 Å². The number of benzene rings is 6. The first-order valence-electron chi connectivity index (χ1n) is 19.0. The first kappa shape index (κ1) is 35.6. The SMILES string of the molecule is C(=Cc1ccccc1)C(=C(CCCCc1ccccc1)C(CCCc1ccccc1)(CCc1ccccc1)Cc1ccccc1)c1ccccc1. The molecule has 1 unspecified atom stereocenters. The van der Waals surface area contributed by atoms with Crippen LogP contribution in [0.5, 0.6) is 0 Å². The van der Waals surface area contributed by atoms with Gasteiger partial charge in [-0.3, -0.25) is 0 Å². The number of aryl methyl sites for hydroxylation is 3. The van der Waals surface area contributed by atoms with Crippen LogP contribution in [0.3, 0.4) is 0 Å². The molecule has 0 radical (unpaired) electrons. The Hall–Kier alpha value is -5.20. The maximum atomic E-state index is 2.44. The molecule has 0 nitrogen and oxygen atoms in total. The second-order valence-electron chi connectivity index (χ2n) is 14.0. The summed E-state index contributed by atoms with van der Waals surface area (Å²) in [5.41, 5.74) is 11.2. The standard InChI is InChI=1S/C51H52/c1-7-22-43(23-8-1)30-19-20-36-50(49(48-34-17-6-18-35-48)38-37-45-26-11-3-12-27-45)51(42-47-31-15-5-16-32-47,41-39-46-28-13-4-14-29-46)40-21-33-44-24-9-2-10-25-44/h1-18,22-29,31-32,34-35,37-38H,19-21,30,33,36,39-42H2. The number of hydrogen-bond donors (Lipinski definition) is 0. The third-order valence-electron chi connectivity index (χ3n) is 10.4. The van der Waals surface area contributed by atoms with Crippen molar-refractivity contribution >= 4 is 11.6 Å². The molecule has 6 aromatic carbocycles. The highest BCUT2D eigenvalue weighted by atomic mass is 14.4. The van der Waals surface area contributed by atoms with Gasteiger partial charge in [-0.25, -0.2) is 0 Å². The number of rotatable bonds is 18. The fraction of sp³-hybridized carbons (Fsp3) is 0.216. The number of unbranched alkanes of at least 4 members (excludes halogenated alkanes) is 1. The van der Waals surface area contributed by atoms with Crippen LogP contribution in [0, 0.1) is 5.41 Å². The van der Waals surface area contributed by atoms with Gasteiger partial charge in [0, 0.05) is 0 Å². The summed E-state index contributed by atoms with van der Waals surface area (Å²) in [5, 5.41) is 0. The second-order valence-corrected chi connectivity index (χ2v) is 14.0. The quantitative estimate of drug-likeness (QED) is 0.0634. The van der Waals surface area contributed by atoms with E-state index in [9.17, 15) is 0 Å². The maximum Gasteiger partial charge on any atom is -0.00353 e. The molecule has 256 valence electrons. The Bertz CT molecular complexity index is 1890. The van der Waals surface area contributed by atoms with Gasteiger partial charge < -0.3 is 0 Å². The summed E-state index contributed by atoms with van der Waals surface area (Å²) in [6.45, 7) is 0. The smallest absolute Gasteiger partial charge is 0.00353 e. The Morgan fingerprint density at radius 1 is 0.412 bits per heavy atom. The van der Waals surface area contributed by atoms with E-state index in [1.165, 1.54) is 45.4 Å². The molecule has 0 saturated heterocycles. The van der Waals surface area contributed by atoms with Gasteiger partial charge in [-0.15, -0.1) is 0 Å². The lowest BCUT2D eigenvalue weighted by atomic mass is 9.65. The van der Waals surface area contributed by atoms with Gasteiger partial charge in [0.25, 0.3) is 0 Å². The predicted octanol–water partition coefficient (Wildman–Crippen LogP) is 13.5. The normalized spacial score (nSPS) is 13.1. The summed E-state index contributed by atoms with van der Waals surface area (Å²) in [7, 11) is 0. The molecule has 1 atom stereocenters. The van der Waals surface area contributed by atoms with Crippen molar-refractivity contribution in [3.05, 3.63) is 227 Å². The van der Waals surface area contributed by atoms with Crippen LogP contribution < -0.4 is 0 Å². The van der Waals surface area contributed by atoms with Gasteiger partial charge in [-0.1, -0.05) is 200 Å². The maximum absolute atomic E-state index is 2.44. The third kappa shape index (κ3) is 10.9. The van der Waals surface area contributed by atoms with Gasteiger partial charge in [0.2, 0.25) is 0 Å². The van der Waals surface area contributed by atoms with Crippen molar-refractivity contribution < 1.29 is 0 Å². The minimum atomic E-state index is -0.0368. The van der Waals surface area contributed by atoms with Gasteiger partial charge in [-0.2, -0.15) is 0 Å². The van der Waals surface area contributed by atoms with Crippen LogP contribution in [0.1, 0.15) is 71.9 Å². The molecular weight excluding hydrogens is 613 g/mol. The monoisotopic (exact) mass is 664 g/mol. The second kappa shape index (κ2) is 19.3. The van der Waals surface area contributed by atoms with Crippen molar-refractivity contribution in [1.29, 1.82) is 0 Å². The topological polar surface area (TPSA) is 0 Å². The largest absolute Gasteiger partial charge is 0.0622 e. The minimum absolute atomic E-state index is 0.0368. The molecule has 0 heterocycles. The van der Waals surface area contributed by atoms with Crippen molar-refractivity contribution in [3.63, 3.8) is 0 Å². The predicted molar refractivity (Wildman–Crippen MR) is 220 cm³/mol. The number of allylic oxidation sites excluding steroid dienone is 3. The van der Waals surface area contributed by atoms with Gasteiger partial charge >= 0.3 is 0 Å². The van der Waals surface area contributed by atoms with Crippen molar-refractivity contribution in [1.82, 2.24) is 0 Å². The zero-order valence-corrected chi connectivity index (χ0v) is 30.0. The van der Waals surface area contributed by atoms with E-state index in [0.29, 0.717) is 0 Å². The molecule has 0 aliphatic rings. The molecule has 0 aliphatic heterocycles. The summed E-state index contributed by atoms with van der Waals surface area (Å²) in [5.74, 6) is 0. The fourth-order valence-corrected chi connectivity index (χ4v) is 7.69. The minimum Gasteiger partial charge on any atom is -0.0622 e. The highest BCUT2D eigenvalue weighted by Crippen LogP contribution is 2.47. The van der Waals surface area contributed by atoms with Crippen LogP contribution in [0.15, 0.2) is 194 Å². The molecule has 0 heteroatoms. The molecule has 0 aromatic heterocycles. The van der Waals surface area contributed by atoms with E-state index in [0.717, 1.165) is 57.8 Å². The third-order valence-corrected chi connectivity index (χ3v) is 10.4. The van der Waals surface area contributed by atoms with E-state index in [1.807, 2.05) is 0 Å². The zero-order chi connectivity index (χ0) is 34.8. The molecule has 51 heavy (non-hydrogen) atoms. The Morgan fingerprint density at radius 3 is 1.41 bits per heavy atom. The first-order valence-corrected chi connectivity index (χ1v) is 19.0. The van der Waals surface area contributed by atoms with Gasteiger partial charge in [0.05, 0.1) is 0 Å². The molecule has 6 aromatic rings. The molecule has 0 aliphatic carbocycles. The number of hydrogen-bond acceptors (Lipinski definition) is 0. The van der Waals surface area contributed by atoms with E-state index in [4.69, 9.17) is 0 Å². The molecule has 0 fully saturated rings. The van der Waals surface area contributed by atoms with E-state index >= 15 is 0 Å². The summed E-state index contributed by atoms with van der Waals surface area (Å²) < 4.78 is 0. The Balaban J connectivity index is 1.49. The Labute approximate surface area is 307 Å². The fourth-order valence-electron chi connectivity index (χ4n) is 7.69. The van der Waals surface area contributed by atoms with E-state index in [1.54, 1.807) is 5.57 Å². The summed E-state index contributed by atoms with van der Waals surface area (Å²) in [6, 6.07) is 66.6.